The Morgan fingerprint density at radius 2 is 1.72 bits per heavy atom. The van der Waals surface area contributed by atoms with E-state index in [9.17, 15) is 13.6 Å². The van der Waals surface area contributed by atoms with Crippen molar-refractivity contribution < 1.29 is 8.78 Å². The number of halogens is 2. The van der Waals surface area contributed by atoms with Crippen LogP contribution in [0.1, 0.15) is 5.56 Å². The molecule has 5 nitrogen and oxygen atoms in total. The van der Waals surface area contributed by atoms with Gasteiger partial charge in [-0.2, -0.15) is 0 Å². The third-order valence-corrected chi connectivity index (χ3v) is 4.95. The summed E-state index contributed by atoms with van der Waals surface area (Å²) in [5.74, 6) is -1.42. The highest BCUT2D eigenvalue weighted by Gasteiger charge is 2.15. The van der Waals surface area contributed by atoms with Crippen molar-refractivity contribution in [1.29, 1.82) is 0 Å². The number of pyridine rings is 1. The van der Waals surface area contributed by atoms with E-state index in [4.69, 9.17) is 0 Å². The summed E-state index contributed by atoms with van der Waals surface area (Å²) in [6.07, 6.45) is 6.25. The van der Waals surface area contributed by atoms with Crippen molar-refractivity contribution in [3.05, 3.63) is 101 Å². The van der Waals surface area contributed by atoms with Crippen LogP contribution in [0.2, 0.25) is 0 Å². The highest BCUT2D eigenvalue weighted by molar-refractivity contribution is 5.74. The van der Waals surface area contributed by atoms with E-state index in [0.717, 1.165) is 11.7 Å². The minimum atomic E-state index is -0.710. The highest BCUT2D eigenvalue weighted by Crippen LogP contribution is 2.26. The molecule has 0 aliphatic carbocycles. The Labute approximate surface area is 163 Å². The van der Waals surface area contributed by atoms with Gasteiger partial charge in [0.25, 0.3) is 5.56 Å². The molecule has 0 N–H and O–H groups in total. The summed E-state index contributed by atoms with van der Waals surface area (Å²) in [6, 6.07) is 13.2. The first-order chi connectivity index (χ1) is 14.1. The predicted molar refractivity (Wildman–Crippen MR) is 106 cm³/mol. The summed E-state index contributed by atoms with van der Waals surface area (Å²) in [7, 11) is 0. The minimum Gasteiger partial charge on any atom is -0.306 e. The second kappa shape index (κ2) is 6.63. The number of para-hydroxylation sites is 2. The fraction of sp³-hybridized carbons (Fsp3) is 0.0455. The maximum atomic E-state index is 14.9. The molecule has 0 amide bonds. The van der Waals surface area contributed by atoms with Crippen LogP contribution in [-0.4, -0.2) is 18.9 Å². The molecule has 0 bridgehead atoms. The molecule has 7 heteroatoms. The number of hydrogen-bond acceptors (Lipinski definition) is 3. The molecule has 0 aliphatic heterocycles. The van der Waals surface area contributed by atoms with Gasteiger partial charge in [0.15, 0.2) is 0 Å². The van der Waals surface area contributed by atoms with Crippen LogP contribution in [0, 0.1) is 11.6 Å². The van der Waals surface area contributed by atoms with Crippen molar-refractivity contribution in [2.75, 3.05) is 0 Å². The molecule has 0 saturated heterocycles. The zero-order valence-corrected chi connectivity index (χ0v) is 15.1. The van der Waals surface area contributed by atoms with Crippen LogP contribution in [0.3, 0.4) is 0 Å². The number of nitrogens with zero attached hydrogens (tertiary/aromatic N) is 4. The first-order valence-corrected chi connectivity index (χ1v) is 8.95. The van der Waals surface area contributed by atoms with Crippen molar-refractivity contribution in [2.24, 2.45) is 0 Å². The van der Waals surface area contributed by atoms with Gasteiger partial charge in [0, 0.05) is 11.8 Å². The molecule has 3 aromatic heterocycles. The SMILES string of the molecule is O=c1cnc2ccccc2n1Cc1c(F)cc(-c2ccc3cncn3c2)cc1F. The normalized spacial score (nSPS) is 11.4. The molecular weight excluding hydrogens is 374 g/mol. The molecule has 142 valence electrons. The van der Waals surface area contributed by atoms with Gasteiger partial charge in [-0.05, 0) is 41.5 Å². The van der Waals surface area contributed by atoms with Crippen LogP contribution >= 0.6 is 0 Å². The monoisotopic (exact) mass is 388 g/mol. The van der Waals surface area contributed by atoms with Crippen LogP contribution < -0.4 is 5.56 Å². The van der Waals surface area contributed by atoms with Gasteiger partial charge in [0.2, 0.25) is 0 Å². The molecule has 2 aromatic carbocycles. The lowest BCUT2D eigenvalue weighted by molar-refractivity contribution is 0.545. The summed E-state index contributed by atoms with van der Waals surface area (Å²) >= 11 is 0. The van der Waals surface area contributed by atoms with E-state index in [1.54, 1.807) is 53.5 Å². The number of imidazole rings is 1. The zero-order chi connectivity index (χ0) is 20.0. The first-order valence-electron chi connectivity index (χ1n) is 8.95. The Kier molecular flexibility index (Phi) is 3.94. The fourth-order valence-corrected chi connectivity index (χ4v) is 3.45. The van der Waals surface area contributed by atoms with Crippen molar-refractivity contribution in [3.8, 4) is 11.1 Å². The Hall–Kier alpha value is -3.87. The third-order valence-electron chi connectivity index (χ3n) is 4.95. The van der Waals surface area contributed by atoms with E-state index in [0.29, 0.717) is 22.2 Å². The molecule has 0 radical (unpaired) electrons. The number of hydrogen-bond donors (Lipinski definition) is 0. The van der Waals surface area contributed by atoms with Crippen molar-refractivity contribution in [2.45, 2.75) is 6.54 Å². The zero-order valence-electron chi connectivity index (χ0n) is 15.1. The molecule has 29 heavy (non-hydrogen) atoms. The Morgan fingerprint density at radius 1 is 0.931 bits per heavy atom. The largest absolute Gasteiger partial charge is 0.306 e. The quantitative estimate of drug-likeness (QED) is 0.469. The standard InChI is InChI=1S/C22H14F2N4O/c23-18-7-15(14-5-6-16-9-25-13-27(16)11-14)8-19(24)17(18)12-28-21-4-2-1-3-20(21)26-10-22(28)29/h1-11,13H,12H2. The van der Waals surface area contributed by atoms with Gasteiger partial charge in [-0.15, -0.1) is 0 Å². The van der Waals surface area contributed by atoms with Gasteiger partial charge in [0.05, 0.1) is 41.8 Å². The van der Waals surface area contributed by atoms with Crippen molar-refractivity contribution >= 4 is 16.6 Å². The lowest BCUT2D eigenvalue weighted by atomic mass is 10.0. The smallest absolute Gasteiger partial charge is 0.269 e. The van der Waals surface area contributed by atoms with Crippen LogP contribution in [0.15, 0.2) is 78.2 Å². The summed E-state index contributed by atoms with van der Waals surface area (Å²) < 4.78 is 32.9. The Morgan fingerprint density at radius 3 is 2.55 bits per heavy atom. The van der Waals surface area contributed by atoms with Gasteiger partial charge in [-0.3, -0.25) is 4.79 Å². The lowest BCUT2D eigenvalue weighted by Gasteiger charge is -2.12. The van der Waals surface area contributed by atoms with E-state index < -0.39 is 17.2 Å². The minimum absolute atomic E-state index is 0.170. The molecule has 0 aliphatic rings. The van der Waals surface area contributed by atoms with Crippen LogP contribution in [0.25, 0.3) is 27.7 Å². The summed E-state index contributed by atoms with van der Waals surface area (Å²) in [6.45, 7) is -0.222. The number of aromatic nitrogens is 4. The molecule has 5 aromatic rings. The average molecular weight is 388 g/mol. The van der Waals surface area contributed by atoms with Crippen LogP contribution in [-0.2, 0) is 6.54 Å². The van der Waals surface area contributed by atoms with E-state index in [-0.39, 0.29) is 12.1 Å². The number of rotatable bonds is 3. The maximum Gasteiger partial charge on any atom is 0.269 e. The summed E-state index contributed by atoms with van der Waals surface area (Å²) in [5.41, 5.74) is 2.47. The van der Waals surface area contributed by atoms with Gasteiger partial charge < -0.3 is 8.97 Å². The van der Waals surface area contributed by atoms with Gasteiger partial charge in [0.1, 0.15) is 11.6 Å². The lowest BCUT2D eigenvalue weighted by Crippen LogP contribution is -2.22. The summed E-state index contributed by atoms with van der Waals surface area (Å²) in [5, 5.41) is 0. The number of fused-ring (bicyclic) bond motifs is 2. The summed E-state index contributed by atoms with van der Waals surface area (Å²) in [4.78, 5) is 20.4. The van der Waals surface area contributed by atoms with Gasteiger partial charge in [-0.25, -0.2) is 18.7 Å². The second-order valence-corrected chi connectivity index (χ2v) is 6.73. The first kappa shape index (κ1) is 17.2. The predicted octanol–water partition coefficient (Wildman–Crippen LogP) is 4.04. The second-order valence-electron chi connectivity index (χ2n) is 6.73. The van der Waals surface area contributed by atoms with E-state index >= 15 is 0 Å². The molecule has 5 rings (SSSR count). The van der Waals surface area contributed by atoms with Crippen molar-refractivity contribution in [1.82, 2.24) is 18.9 Å². The average Bonchev–Trinajstić information content (AvgIpc) is 3.19. The topological polar surface area (TPSA) is 52.2 Å². The van der Waals surface area contributed by atoms with E-state index in [1.165, 1.54) is 16.7 Å². The van der Waals surface area contributed by atoms with E-state index in [2.05, 4.69) is 9.97 Å². The highest BCUT2D eigenvalue weighted by atomic mass is 19.1. The van der Waals surface area contributed by atoms with Crippen LogP contribution in [0.5, 0.6) is 0 Å². The maximum absolute atomic E-state index is 14.9. The molecular formula is C22H14F2N4O. The Bertz CT molecular complexity index is 1420. The molecule has 0 unspecified atom stereocenters. The molecule has 0 spiro atoms. The van der Waals surface area contributed by atoms with Crippen molar-refractivity contribution in [3.63, 3.8) is 0 Å². The molecule has 0 fully saturated rings. The molecule has 0 saturated carbocycles. The molecule has 3 heterocycles. The van der Waals surface area contributed by atoms with Gasteiger partial charge >= 0.3 is 0 Å². The van der Waals surface area contributed by atoms with Gasteiger partial charge in [-0.1, -0.05) is 18.2 Å². The molecule has 0 atom stereocenters. The van der Waals surface area contributed by atoms with E-state index in [1.807, 2.05) is 6.07 Å². The number of benzene rings is 2. The fourth-order valence-electron chi connectivity index (χ4n) is 3.45. The Balaban J connectivity index is 1.59. The van der Waals surface area contributed by atoms with Crippen LogP contribution in [0.4, 0.5) is 8.78 Å². The third kappa shape index (κ3) is 2.97.